The van der Waals surface area contributed by atoms with Gasteiger partial charge in [-0.2, -0.15) is 4.98 Å². The van der Waals surface area contributed by atoms with Crippen molar-refractivity contribution in [1.82, 2.24) is 24.8 Å². The van der Waals surface area contributed by atoms with Crippen LogP contribution in [0.3, 0.4) is 0 Å². The Morgan fingerprint density at radius 3 is 2.78 bits per heavy atom. The Balaban J connectivity index is 1.71. The van der Waals surface area contributed by atoms with Crippen LogP contribution in [0, 0.1) is 6.92 Å². The van der Waals surface area contributed by atoms with Crippen molar-refractivity contribution in [3.8, 4) is 11.5 Å². The number of nitrogens with zero attached hydrogens (tertiary/aromatic N) is 3. The van der Waals surface area contributed by atoms with Gasteiger partial charge in [0.05, 0.1) is 11.0 Å². The highest BCUT2D eigenvalue weighted by atomic mass is 16.4. The Morgan fingerprint density at radius 2 is 2.03 bits per heavy atom. The Morgan fingerprint density at radius 1 is 1.22 bits per heavy atom. The molecule has 1 aromatic rings. The van der Waals surface area contributed by atoms with Crippen LogP contribution in [-0.2, 0) is 11.3 Å². The van der Waals surface area contributed by atoms with E-state index in [0.29, 0.717) is 24.5 Å². The summed E-state index contributed by atoms with van der Waals surface area (Å²) in [6, 6.07) is 4.32. The summed E-state index contributed by atoms with van der Waals surface area (Å²) in [5.74, 6) is -0.515. The fraction of sp³-hybridized carbons (Fsp3) is 0.500. The molecule has 0 radical (unpaired) electrons. The predicted molar refractivity (Wildman–Crippen MR) is 121 cm³/mol. The zero-order valence-electron chi connectivity index (χ0n) is 18.1. The molecular weight excluding hydrogens is 412 g/mol. The van der Waals surface area contributed by atoms with Gasteiger partial charge >= 0.3 is 11.7 Å². The van der Waals surface area contributed by atoms with Crippen molar-refractivity contribution < 1.29 is 9.90 Å². The molecule has 0 amide bonds. The number of unbranched alkanes of at least 4 members (excludes halogenated alkanes) is 3. The summed E-state index contributed by atoms with van der Waals surface area (Å²) in [4.78, 5) is 45.8. The Hall–Kier alpha value is -3.27. The lowest BCUT2D eigenvalue weighted by molar-refractivity contribution is -0.137. The highest BCUT2D eigenvalue weighted by molar-refractivity contribution is 5.84. The van der Waals surface area contributed by atoms with Gasteiger partial charge in [0, 0.05) is 31.2 Å². The van der Waals surface area contributed by atoms with Gasteiger partial charge in [-0.25, -0.2) is 9.78 Å². The van der Waals surface area contributed by atoms with Gasteiger partial charge in [-0.1, -0.05) is 12.8 Å². The molecule has 170 valence electrons. The minimum Gasteiger partial charge on any atom is -0.481 e. The van der Waals surface area contributed by atoms with Crippen molar-refractivity contribution in [2.24, 2.45) is 0 Å². The fourth-order valence-electron chi connectivity index (χ4n) is 4.22. The second kappa shape index (κ2) is 9.47. The van der Waals surface area contributed by atoms with E-state index in [1.807, 2.05) is 23.6 Å². The smallest absolute Gasteiger partial charge is 0.349 e. The second-order valence-corrected chi connectivity index (χ2v) is 8.35. The number of H-pyrrole nitrogens is 1. The molecule has 0 bridgehead atoms. The molecule has 3 aliphatic rings. The Kier molecular flexibility index (Phi) is 6.50. The summed E-state index contributed by atoms with van der Waals surface area (Å²) in [7, 11) is 0. The summed E-state index contributed by atoms with van der Waals surface area (Å²) in [6.45, 7) is 4.44. The quantitative estimate of drug-likeness (QED) is 0.291. The van der Waals surface area contributed by atoms with Crippen molar-refractivity contribution >= 4 is 22.7 Å². The van der Waals surface area contributed by atoms with E-state index in [4.69, 9.17) is 5.11 Å². The third-order valence-corrected chi connectivity index (χ3v) is 5.90. The monoisotopic (exact) mass is 440 g/mol. The van der Waals surface area contributed by atoms with Gasteiger partial charge in [0.1, 0.15) is 0 Å². The van der Waals surface area contributed by atoms with Crippen LogP contribution in [0.4, 0.5) is 5.69 Å². The van der Waals surface area contributed by atoms with Gasteiger partial charge in [0.15, 0.2) is 11.5 Å². The molecule has 3 heterocycles. The number of aryl methyl sites for hydroxylation is 2. The molecule has 32 heavy (non-hydrogen) atoms. The molecule has 0 aliphatic carbocycles. The number of carboxylic acids is 1. The third kappa shape index (κ3) is 4.80. The van der Waals surface area contributed by atoms with Crippen molar-refractivity contribution in [3.63, 3.8) is 0 Å². The first kappa shape index (κ1) is 21.9. The fourth-order valence-corrected chi connectivity index (χ4v) is 4.22. The average molecular weight is 441 g/mol. The first-order valence-electron chi connectivity index (χ1n) is 11.1. The number of carbonyl (C=O) groups is 1. The number of benzene rings is 1. The molecule has 1 aromatic carbocycles. The van der Waals surface area contributed by atoms with Crippen molar-refractivity contribution in [3.05, 3.63) is 38.5 Å². The van der Waals surface area contributed by atoms with Gasteiger partial charge in [-0.3, -0.25) is 14.6 Å². The van der Waals surface area contributed by atoms with Crippen LogP contribution in [-0.4, -0.2) is 49.7 Å². The largest absolute Gasteiger partial charge is 0.481 e. The minimum atomic E-state index is -0.787. The van der Waals surface area contributed by atoms with Crippen LogP contribution in [0.1, 0.15) is 44.1 Å². The zero-order valence-corrected chi connectivity index (χ0v) is 18.1. The first-order chi connectivity index (χ1) is 15.4. The normalized spacial score (nSPS) is 16.1. The number of hydrogen-bond donors (Lipinski definition) is 4. The van der Waals surface area contributed by atoms with E-state index < -0.39 is 17.2 Å². The molecule has 0 aromatic heterocycles. The van der Waals surface area contributed by atoms with Crippen LogP contribution < -0.4 is 21.9 Å². The van der Waals surface area contributed by atoms with Crippen LogP contribution >= 0.6 is 0 Å². The third-order valence-electron chi connectivity index (χ3n) is 5.90. The summed E-state index contributed by atoms with van der Waals surface area (Å²) >= 11 is 0. The van der Waals surface area contributed by atoms with Crippen LogP contribution in [0.2, 0.25) is 0 Å². The van der Waals surface area contributed by atoms with E-state index in [-0.39, 0.29) is 17.9 Å². The number of rotatable bonds is 9. The lowest BCUT2D eigenvalue weighted by atomic mass is 10.1. The lowest BCUT2D eigenvalue weighted by Gasteiger charge is -2.20. The topological polar surface area (TPSA) is 142 Å². The van der Waals surface area contributed by atoms with Gasteiger partial charge in [-0.05, 0) is 50.4 Å². The molecule has 4 rings (SSSR count). The lowest BCUT2D eigenvalue weighted by Crippen LogP contribution is -2.29. The summed E-state index contributed by atoms with van der Waals surface area (Å²) in [5.41, 5.74) is 2.40. The van der Waals surface area contributed by atoms with Gasteiger partial charge in [0.2, 0.25) is 0 Å². The summed E-state index contributed by atoms with van der Waals surface area (Å²) in [6.07, 6.45) is 4.24. The molecule has 0 unspecified atom stereocenters. The maximum atomic E-state index is 12.4. The predicted octanol–water partition coefficient (Wildman–Crippen LogP) is 1.70. The zero-order chi connectivity index (χ0) is 22.7. The van der Waals surface area contributed by atoms with Gasteiger partial charge in [0.25, 0.3) is 5.56 Å². The number of aromatic nitrogens is 4. The van der Waals surface area contributed by atoms with E-state index in [1.165, 1.54) is 0 Å². The minimum absolute atomic E-state index is 0.142. The molecular formula is C22H28N6O4. The number of anilines is 1. The molecule has 10 nitrogen and oxygen atoms in total. The Bertz CT molecular complexity index is 1210. The SMILES string of the molecule is Cc1cc2nc3c(=O)[nH]c(=O)nc-3n(CCCCCCC(=O)O)c2cc1N[C@@H]1CCNC1. The van der Waals surface area contributed by atoms with E-state index in [1.54, 1.807) is 0 Å². The molecule has 10 heteroatoms. The average Bonchev–Trinajstić information content (AvgIpc) is 3.24. The van der Waals surface area contributed by atoms with Crippen molar-refractivity contribution in [1.29, 1.82) is 0 Å². The number of carboxylic acid groups (broad SMARTS) is 1. The van der Waals surface area contributed by atoms with Gasteiger partial charge in [-0.15, -0.1) is 0 Å². The molecule has 1 fully saturated rings. The van der Waals surface area contributed by atoms with Crippen LogP contribution in [0.15, 0.2) is 21.7 Å². The number of fused-ring (bicyclic) bond motifs is 2. The van der Waals surface area contributed by atoms with Crippen molar-refractivity contribution in [2.75, 3.05) is 18.4 Å². The molecule has 1 saturated heterocycles. The number of aromatic amines is 1. The molecule has 3 aliphatic heterocycles. The maximum Gasteiger partial charge on any atom is 0.349 e. The maximum absolute atomic E-state index is 12.4. The van der Waals surface area contributed by atoms with E-state index in [0.717, 1.165) is 55.5 Å². The second-order valence-electron chi connectivity index (χ2n) is 8.35. The van der Waals surface area contributed by atoms with Crippen LogP contribution in [0.25, 0.3) is 22.6 Å². The van der Waals surface area contributed by atoms with E-state index in [9.17, 15) is 14.4 Å². The van der Waals surface area contributed by atoms with Gasteiger partial charge < -0.3 is 20.3 Å². The Labute approximate surface area is 184 Å². The first-order valence-corrected chi connectivity index (χ1v) is 11.1. The van der Waals surface area contributed by atoms with E-state index in [2.05, 4.69) is 25.6 Å². The molecule has 0 spiro atoms. The standard InChI is InChI=1S/C22H28N6O4/c1-13-10-16-17(11-15(13)24-14-7-8-23-12-14)28(9-5-3-2-4-6-18(29)30)20-19(25-16)21(31)27-22(32)26-20/h10-11,14,23-24H,2-9,12H2,1H3,(H,29,30)(H,27,31,32)/t14-/m1/s1. The highest BCUT2D eigenvalue weighted by Gasteiger charge is 2.21. The highest BCUT2D eigenvalue weighted by Crippen LogP contribution is 2.28. The number of hydrogen-bond acceptors (Lipinski definition) is 7. The summed E-state index contributed by atoms with van der Waals surface area (Å²) in [5, 5.41) is 15.7. The van der Waals surface area contributed by atoms with E-state index >= 15 is 0 Å². The molecule has 4 N–H and O–H groups in total. The number of nitrogens with one attached hydrogen (secondary N) is 3. The van der Waals surface area contributed by atoms with Crippen LogP contribution in [0.5, 0.6) is 0 Å². The molecule has 1 atom stereocenters. The summed E-state index contributed by atoms with van der Waals surface area (Å²) < 4.78 is 1.89. The number of aliphatic carboxylic acids is 1. The molecule has 0 saturated carbocycles. The van der Waals surface area contributed by atoms with Crippen molar-refractivity contribution in [2.45, 2.75) is 58.0 Å².